The van der Waals surface area contributed by atoms with E-state index in [1.165, 1.54) is 0 Å². The van der Waals surface area contributed by atoms with E-state index >= 15 is 0 Å². The number of aromatic nitrogens is 5. The van der Waals surface area contributed by atoms with Gasteiger partial charge >= 0.3 is 0 Å². The summed E-state index contributed by atoms with van der Waals surface area (Å²) in [4.78, 5) is 9.03. The van der Waals surface area contributed by atoms with Crippen molar-refractivity contribution in [2.24, 2.45) is 0 Å². The molecule has 0 aliphatic heterocycles. The molecule has 0 saturated carbocycles. The van der Waals surface area contributed by atoms with E-state index in [4.69, 9.17) is 16.3 Å². The van der Waals surface area contributed by atoms with Crippen LogP contribution in [0.3, 0.4) is 0 Å². The van der Waals surface area contributed by atoms with Crippen LogP contribution in [0.2, 0.25) is 5.02 Å². The van der Waals surface area contributed by atoms with E-state index in [2.05, 4.69) is 37.7 Å². The topological polar surface area (TPSA) is 77.8 Å². The van der Waals surface area contributed by atoms with Crippen LogP contribution < -0.4 is 10.1 Å². The summed E-state index contributed by atoms with van der Waals surface area (Å²) >= 11 is 6.06. The molecule has 2 aromatic heterocycles. The third-order valence-electron chi connectivity index (χ3n) is 4.80. The number of benzene rings is 3. The van der Waals surface area contributed by atoms with Crippen molar-refractivity contribution >= 4 is 34.1 Å². The number of halogens is 1. The molecule has 3 aromatic carbocycles. The molecule has 5 rings (SSSR count). The molecule has 1 N–H and O–H groups in total. The number of rotatable bonds is 7. The Hall–Kier alpha value is -3.97. The van der Waals surface area contributed by atoms with Gasteiger partial charge in [0, 0.05) is 22.3 Å². The second-order valence-corrected chi connectivity index (χ2v) is 7.64. The Morgan fingerprint density at radius 2 is 1.84 bits per heavy atom. The van der Waals surface area contributed by atoms with Crippen LogP contribution in [0.1, 0.15) is 11.3 Å². The van der Waals surface area contributed by atoms with Gasteiger partial charge in [-0.3, -0.25) is 0 Å². The number of ether oxygens (including phenoxy) is 1. The molecule has 0 fully saturated rings. The molecular weight excluding hydrogens is 424 g/mol. The summed E-state index contributed by atoms with van der Waals surface area (Å²) in [6.45, 7) is 0.947. The molecule has 2 heterocycles. The van der Waals surface area contributed by atoms with Crippen LogP contribution in [0.25, 0.3) is 10.9 Å². The van der Waals surface area contributed by atoms with Crippen molar-refractivity contribution in [3.8, 4) is 5.75 Å². The minimum atomic E-state index is 0.287. The Bertz CT molecular complexity index is 1360. The maximum atomic E-state index is 6.06. The maximum absolute atomic E-state index is 6.06. The Balaban J connectivity index is 1.32. The van der Waals surface area contributed by atoms with Crippen LogP contribution in [0.15, 0.2) is 85.2 Å². The van der Waals surface area contributed by atoms with Crippen molar-refractivity contribution in [1.82, 2.24) is 25.0 Å². The van der Waals surface area contributed by atoms with Crippen LogP contribution in [0.4, 0.5) is 11.6 Å². The second kappa shape index (κ2) is 9.03. The van der Waals surface area contributed by atoms with Crippen LogP contribution in [-0.4, -0.2) is 25.0 Å². The number of hydrogen-bond donors (Lipinski definition) is 1. The largest absolute Gasteiger partial charge is 0.485 e. The summed E-state index contributed by atoms with van der Waals surface area (Å²) in [6, 6.07) is 23.3. The van der Waals surface area contributed by atoms with E-state index in [1.54, 1.807) is 10.9 Å². The Kier molecular flexibility index (Phi) is 5.63. The van der Waals surface area contributed by atoms with E-state index in [0.717, 1.165) is 22.3 Å². The zero-order valence-electron chi connectivity index (χ0n) is 17.0. The zero-order valence-corrected chi connectivity index (χ0v) is 17.8. The van der Waals surface area contributed by atoms with Crippen molar-refractivity contribution in [3.05, 3.63) is 101 Å². The molecule has 0 saturated heterocycles. The number of hydrogen-bond acceptors (Lipinski definition) is 6. The van der Waals surface area contributed by atoms with Crippen LogP contribution >= 0.6 is 11.6 Å². The fraction of sp³-hybridized carbons (Fsp3) is 0.0833. The molecule has 0 radical (unpaired) electrons. The number of nitrogens with zero attached hydrogens (tertiary/aromatic N) is 5. The molecule has 0 amide bonds. The van der Waals surface area contributed by atoms with E-state index in [0.29, 0.717) is 28.8 Å². The van der Waals surface area contributed by atoms with Gasteiger partial charge in [0.2, 0.25) is 5.95 Å². The molecule has 0 aliphatic carbocycles. The normalized spacial score (nSPS) is 10.9. The van der Waals surface area contributed by atoms with Gasteiger partial charge in [0.25, 0.3) is 0 Å². The van der Waals surface area contributed by atoms with Gasteiger partial charge in [0.15, 0.2) is 0 Å². The number of fused-ring (bicyclic) bond motifs is 1. The molecule has 0 aliphatic rings. The van der Waals surface area contributed by atoms with Crippen molar-refractivity contribution in [3.63, 3.8) is 0 Å². The van der Waals surface area contributed by atoms with Gasteiger partial charge in [-0.2, -0.15) is 0 Å². The summed E-state index contributed by atoms with van der Waals surface area (Å²) in [7, 11) is 0. The first-order valence-corrected chi connectivity index (χ1v) is 10.4. The molecule has 0 unspecified atom stereocenters. The van der Waals surface area contributed by atoms with Crippen LogP contribution in [0, 0.1) is 0 Å². The second-order valence-electron chi connectivity index (χ2n) is 7.20. The highest BCUT2D eigenvalue weighted by Crippen LogP contribution is 2.26. The maximum Gasteiger partial charge on any atom is 0.227 e. The van der Waals surface area contributed by atoms with E-state index in [-0.39, 0.29) is 6.61 Å². The Labute approximate surface area is 189 Å². The lowest BCUT2D eigenvalue weighted by molar-refractivity contribution is 0.304. The highest BCUT2D eigenvalue weighted by atomic mass is 35.5. The third kappa shape index (κ3) is 4.68. The summed E-state index contributed by atoms with van der Waals surface area (Å²) in [5, 5.41) is 13.1. The fourth-order valence-corrected chi connectivity index (χ4v) is 3.50. The first-order chi connectivity index (χ1) is 15.7. The van der Waals surface area contributed by atoms with Gasteiger partial charge in [-0.15, -0.1) is 5.10 Å². The van der Waals surface area contributed by atoms with Gasteiger partial charge in [-0.1, -0.05) is 65.3 Å². The fourth-order valence-electron chi connectivity index (χ4n) is 3.30. The molecule has 158 valence electrons. The predicted molar refractivity (Wildman–Crippen MR) is 124 cm³/mol. The minimum absolute atomic E-state index is 0.287. The quantitative estimate of drug-likeness (QED) is 0.371. The van der Waals surface area contributed by atoms with E-state index in [1.807, 2.05) is 66.9 Å². The van der Waals surface area contributed by atoms with Gasteiger partial charge in [0.05, 0.1) is 12.7 Å². The molecule has 7 nitrogen and oxygen atoms in total. The van der Waals surface area contributed by atoms with E-state index in [9.17, 15) is 0 Å². The highest BCUT2D eigenvalue weighted by Gasteiger charge is 2.09. The molecule has 8 heteroatoms. The van der Waals surface area contributed by atoms with Crippen LogP contribution in [0.5, 0.6) is 5.75 Å². The molecule has 5 aromatic rings. The zero-order chi connectivity index (χ0) is 21.8. The number of anilines is 2. The van der Waals surface area contributed by atoms with Gasteiger partial charge in [0.1, 0.15) is 23.6 Å². The molecular formula is C24H19ClN6O. The van der Waals surface area contributed by atoms with Gasteiger partial charge < -0.3 is 10.1 Å². The molecule has 0 spiro atoms. The summed E-state index contributed by atoms with van der Waals surface area (Å²) in [5.74, 6) is 1.11. The summed E-state index contributed by atoms with van der Waals surface area (Å²) < 4.78 is 7.84. The molecule has 32 heavy (non-hydrogen) atoms. The van der Waals surface area contributed by atoms with Crippen molar-refractivity contribution in [1.29, 1.82) is 0 Å². The predicted octanol–water partition coefficient (Wildman–Crippen LogP) is 5.25. The van der Waals surface area contributed by atoms with Gasteiger partial charge in [-0.25, -0.2) is 14.6 Å². The van der Waals surface area contributed by atoms with Crippen molar-refractivity contribution in [2.75, 3.05) is 5.32 Å². The minimum Gasteiger partial charge on any atom is -0.485 e. The van der Waals surface area contributed by atoms with Crippen molar-refractivity contribution < 1.29 is 4.74 Å². The van der Waals surface area contributed by atoms with Crippen molar-refractivity contribution in [2.45, 2.75) is 13.2 Å². The first-order valence-electron chi connectivity index (χ1n) is 10.1. The lowest BCUT2D eigenvalue weighted by atomic mass is 10.2. The lowest BCUT2D eigenvalue weighted by Crippen LogP contribution is -2.01. The summed E-state index contributed by atoms with van der Waals surface area (Å²) in [6.07, 6.45) is 3.65. The standard InChI is InChI=1S/C24H19ClN6O/c25-19-9-5-10-20(12-19)27-24-26-13-18-8-4-11-22(23(18)28-24)32-16-21-15-31(30-29-21)14-17-6-2-1-3-7-17/h1-13,15H,14,16H2,(H,26,27,28). The highest BCUT2D eigenvalue weighted by molar-refractivity contribution is 6.30. The number of nitrogens with one attached hydrogen (secondary N) is 1. The smallest absolute Gasteiger partial charge is 0.227 e. The average molecular weight is 443 g/mol. The molecule has 0 bridgehead atoms. The SMILES string of the molecule is Clc1cccc(Nc2ncc3cccc(OCc4cn(Cc5ccccc5)nn4)c3n2)c1. The monoisotopic (exact) mass is 442 g/mol. The lowest BCUT2D eigenvalue weighted by Gasteiger charge is -2.09. The Morgan fingerprint density at radius 3 is 2.72 bits per heavy atom. The summed E-state index contributed by atoms with van der Waals surface area (Å²) in [5.41, 5.74) is 3.42. The average Bonchev–Trinajstić information content (AvgIpc) is 3.25. The third-order valence-corrected chi connectivity index (χ3v) is 5.04. The first kappa shape index (κ1) is 20.0. The number of para-hydroxylation sites is 1. The Morgan fingerprint density at radius 1 is 0.969 bits per heavy atom. The molecule has 0 atom stereocenters. The van der Waals surface area contributed by atoms with Gasteiger partial charge in [-0.05, 0) is 29.8 Å². The van der Waals surface area contributed by atoms with E-state index < -0.39 is 0 Å². The van der Waals surface area contributed by atoms with Crippen LogP contribution in [-0.2, 0) is 13.2 Å².